The molecule has 3 aromatic heterocycles. The van der Waals surface area contributed by atoms with E-state index in [0.717, 1.165) is 5.65 Å². The zero-order chi connectivity index (χ0) is 16.4. The number of nitrogens with zero attached hydrogens (tertiary/aromatic N) is 3. The lowest BCUT2D eigenvalue weighted by Crippen LogP contribution is -2.23. The molecular weight excluding hydrogens is 318 g/mol. The zero-order valence-electron chi connectivity index (χ0n) is 11.9. The van der Waals surface area contributed by atoms with Crippen LogP contribution in [0.5, 0.6) is 0 Å². The maximum atomic E-state index is 12.0. The summed E-state index contributed by atoms with van der Waals surface area (Å²) in [7, 11) is 0. The highest BCUT2D eigenvalue weighted by molar-refractivity contribution is 6.30. The molecule has 23 heavy (non-hydrogen) atoms. The Balaban J connectivity index is 1.68. The van der Waals surface area contributed by atoms with E-state index < -0.39 is 5.91 Å². The fourth-order valence-corrected chi connectivity index (χ4v) is 2.22. The van der Waals surface area contributed by atoms with Gasteiger partial charge in [0.05, 0.1) is 22.8 Å². The molecule has 0 bridgehead atoms. The van der Waals surface area contributed by atoms with Crippen molar-refractivity contribution >= 4 is 29.1 Å². The minimum atomic E-state index is -0.639. The van der Waals surface area contributed by atoms with E-state index in [4.69, 9.17) is 17.3 Å². The number of aromatic nitrogens is 3. The van der Waals surface area contributed by atoms with Crippen LogP contribution in [0.2, 0.25) is 5.02 Å². The monoisotopic (exact) mass is 329 g/mol. The van der Waals surface area contributed by atoms with E-state index in [9.17, 15) is 9.59 Å². The molecule has 0 unspecified atom stereocenters. The van der Waals surface area contributed by atoms with Crippen LogP contribution in [0, 0.1) is 0 Å². The Hall–Kier alpha value is -2.93. The number of nitrogens with one attached hydrogen (secondary N) is 1. The van der Waals surface area contributed by atoms with E-state index in [0.29, 0.717) is 16.3 Å². The lowest BCUT2D eigenvalue weighted by molar-refractivity contribution is 0.0946. The molecule has 0 aromatic carbocycles. The van der Waals surface area contributed by atoms with Crippen LogP contribution in [0.1, 0.15) is 26.5 Å². The normalized spacial score (nSPS) is 10.7. The fourth-order valence-electron chi connectivity index (χ4n) is 2.05. The van der Waals surface area contributed by atoms with E-state index in [1.54, 1.807) is 28.9 Å². The highest BCUT2D eigenvalue weighted by Gasteiger charge is 2.09. The van der Waals surface area contributed by atoms with Crippen LogP contribution in [0.3, 0.4) is 0 Å². The van der Waals surface area contributed by atoms with Gasteiger partial charge in [0.2, 0.25) is 0 Å². The van der Waals surface area contributed by atoms with Crippen LogP contribution >= 0.6 is 11.6 Å². The van der Waals surface area contributed by atoms with E-state index in [1.165, 1.54) is 18.3 Å². The van der Waals surface area contributed by atoms with Crippen LogP contribution in [-0.4, -0.2) is 26.2 Å². The number of halogens is 1. The summed E-state index contributed by atoms with van der Waals surface area (Å²) in [5, 5.41) is 3.34. The van der Waals surface area contributed by atoms with Crippen LogP contribution in [0.15, 0.2) is 42.9 Å². The van der Waals surface area contributed by atoms with Crippen molar-refractivity contribution in [2.45, 2.75) is 6.54 Å². The van der Waals surface area contributed by atoms with Gasteiger partial charge in [-0.2, -0.15) is 0 Å². The van der Waals surface area contributed by atoms with Gasteiger partial charge in [0.15, 0.2) is 0 Å². The number of fused-ring (bicyclic) bond motifs is 1. The Bertz CT molecular complexity index is 889. The van der Waals surface area contributed by atoms with Crippen LogP contribution < -0.4 is 11.1 Å². The fraction of sp³-hybridized carbons (Fsp3) is 0.0667. The molecule has 0 aliphatic heterocycles. The maximum absolute atomic E-state index is 12.0. The van der Waals surface area contributed by atoms with Gasteiger partial charge >= 0.3 is 0 Å². The minimum Gasteiger partial charge on any atom is -0.364 e. The predicted octanol–water partition coefficient (Wildman–Crippen LogP) is 1.41. The summed E-state index contributed by atoms with van der Waals surface area (Å²) in [4.78, 5) is 31.2. The van der Waals surface area contributed by atoms with Crippen molar-refractivity contribution < 1.29 is 9.59 Å². The summed E-state index contributed by atoms with van der Waals surface area (Å²) in [6, 6.07) is 6.44. The molecule has 2 amide bonds. The molecule has 8 heteroatoms. The second kappa shape index (κ2) is 6.05. The molecule has 3 aromatic rings. The van der Waals surface area contributed by atoms with Crippen molar-refractivity contribution in [3.05, 3.63) is 64.8 Å². The van der Waals surface area contributed by atoms with E-state index in [-0.39, 0.29) is 18.1 Å². The molecule has 3 rings (SSSR count). The summed E-state index contributed by atoms with van der Waals surface area (Å²) in [5.41, 5.74) is 6.98. The van der Waals surface area contributed by atoms with E-state index in [2.05, 4.69) is 15.3 Å². The lowest BCUT2D eigenvalue weighted by atomic mass is 10.2. The first kappa shape index (κ1) is 15.0. The average molecular weight is 330 g/mol. The van der Waals surface area contributed by atoms with Crippen molar-refractivity contribution in [3.63, 3.8) is 0 Å². The third kappa shape index (κ3) is 3.29. The number of pyridine rings is 2. The Labute approximate surface area is 136 Å². The van der Waals surface area contributed by atoms with Gasteiger partial charge in [-0.25, -0.2) is 4.98 Å². The Kier molecular flexibility index (Phi) is 3.94. The van der Waals surface area contributed by atoms with Crippen molar-refractivity contribution in [1.29, 1.82) is 0 Å². The summed E-state index contributed by atoms with van der Waals surface area (Å²) in [6.07, 6.45) is 4.83. The Morgan fingerprint density at radius 1 is 1.22 bits per heavy atom. The molecular formula is C15H12ClN5O2. The summed E-state index contributed by atoms with van der Waals surface area (Å²) >= 11 is 5.91. The van der Waals surface area contributed by atoms with Gasteiger partial charge in [0, 0.05) is 18.6 Å². The summed E-state index contributed by atoms with van der Waals surface area (Å²) in [5.74, 6) is -0.955. The smallest absolute Gasteiger partial charge is 0.267 e. The zero-order valence-corrected chi connectivity index (χ0v) is 12.6. The highest BCUT2D eigenvalue weighted by atomic mass is 35.5. The molecule has 0 saturated carbocycles. The average Bonchev–Trinajstić information content (AvgIpc) is 2.94. The number of nitrogens with two attached hydrogens (primary N) is 1. The molecule has 0 aliphatic carbocycles. The quantitative estimate of drug-likeness (QED) is 0.755. The number of hydrogen-bond donors (Lipinski definition) is 2. The number of amides is 2. The molecule has 0 aliphatic rings. The number of carbonyl (C=O) groups excluding carboxylic acids is 2. The van der Waals surface area contributed by atoms with Crippen LogP contribution in [0.4, 0.5) is 0 Å². The van der Waals surface area contributed by atoms with Gasteiger partial charge in [-0.05, 0) is 24.3 Å². The van der Waals surface area contributed by atoms with Crippen molar-refractivity contribution in [3.8, 4) is 0 Å². The topological polar surface area (TPSA) is 102 Å². The third-order valence-electron chi connectivity index (χ3n) is 3.17. The third-order valence-corrected chi connectivity index (χ3v) is 3.40. The number of primary amides is 1. The van der Waals surface area contributed by atoms with Gasteiger partial charge in [-0.1, -0.05) is 11.6 Å². The maximum Gasteiger partial charge on any atom is 0.267 e. The summed E-state index contributed by atoms with van der Waals surface area (Å²) in [6.45, 7) is 0.260. The Morgan fingerprint density at radius 2 is 2.04 bits per heavy atom. The van der Waals surface area contributed by atoms with E-state index in [1.807, 2.05) is 0 Å². The molecule has 0 radical (unpaired) electrons. The molecule has 0 fully saturated rings. The van der Waals surface area contributed by atoms with Crippen molar-refractivity contribution in [1.82, 2.24) is 19.7 Å². The molecule has 116 valence electrons. The van der Waals surface area contributed by atoms with Gasteiger partial charge in [0.25, 0.3) is 11.8 Å². The predicted molar refractivity (Wildman–Crippen MR) is 84.1 cm³/mol. The molecule has 0 spiro atoms. The number of hydrogen-bond acceptors (Lipinski definition) is 4. The number of carbonyl (C=O) groups is 2. The van der Waals surface area contributed by atoms with Crippen LogP contribution in [0.25, 0.3) is 5.65 Å². The molecule has 7 nitrogen and oxygen atoms in total. The Morgan fingerprint density at radius 3 is 2.74 bits per heavy atom. The number of imidazole rings is 1. The van der Waals surface area contributed by atoms with Crippen molar-refractivity contribution in [2.75, 3.05) is 0 Å². The molecule has 3 heterocycles. The SMILES string of the molecule is NC(=O)c1ccc(C(=O)NCc2cn3cc(Cl)ccc3n2)cn1. The summed E-state index contributed by atoms with van der Waals surface area (Å²) < 4.78 is 1.78. The van der Waals surface area contributed by atoms with Gasteiger partial charge in [0.1, 0.15) is 11.3 Å². The van der Waals surface area contributed by atoms with Gasteiger partial charge < -0.3 is 15.5 Å². The second-order valence-electron chi connectivity index (χ2n) is 4.82. The molecule has 0 atom stereocenters. The van der Waals surface area contributed by atoms with Gasteiger partial charge in [-0.15, -0.1) is 0 Å². The molecule has 0 saturated heterocycles. The first-order valence-electron chi connectivity index (χ1n) is 6.70. The number of rotatable bonds is 4. The highest BCUT2D eigenvalue weighted by Crippen LogP contribution is 2.11. The second-order valence-corrected chi connectivity index (χ2v) is 5.26. The van der Waals surface area contributed by atoms with Crippen LogP contribution in [-0.2, 0) is 6.54 Å². The minimum absolute atomic E-state index is 0.110. The van der Waals surface area contributed by atoms with Crippen molar-refractivity contribution in [2.24, 2.45) is 5.73 Å². The standard InChI is InChI=1S/C15H12ClN5O2/c16-10-2-4-13-20-11(8-21(13)7-10)6-19-15(23)9-1-3-12(14(17)22)18-5-9/h1-5,7-8H,6H2,(H2,17,22)(H,19,23). The van der Waals surface area contributed by atoms with E-state index >= 15 is 0 Å². The first-order valence-corrected chi connectivity index (χ1v) is 7.08. The molecule has 3 N–H and O–H groups in total. The first-order chi connectivity index (χ1) is 11.0. The van der Waals surface area contributed by atoms with Gasteiger partial charge in [-0.3, -0.25) is 14.6 Å². The lowest BCUT2D eigenvalue weighted by Gasteiger charge is -2.03. The largest absolute Gasteiger partial charge is 0.364 e.